The van der Waals surface area contributed by atoms with E-state index >= 15 is 0 Å². The van der Waals surface area contributed by atoms with Crippen LogP contribution >= 0.6 is 0 Å². The van der Waals surface area contributed by atoms with E-state index in [1.54, 1.807) is 71.2 Å². The van der Waals surface area contributed by atoms with E-state index in [1.165, 1.54) is 24.0 Å². The Bertz CT molecular complexity index is 1480. The van der Waals surface area contributed by atoms with Gasteiger partial charge in [0.25, 0.3) is 0 Å². The molecule has 0 bridgehead atoms. The van der Waals surface area contributed by atoms with Gasteiger partial charge in [-0.1, -0.05) is 18.2 Å². The fourth-order valence-electron chi connectivity index (χ4n) is 5.81. The first-order valence-electron chi connectivity index (χ1n) is 15.1. The average Bonchev–Trinajstić information content (AvgIpc) is 3.26. The number of methoxy groups -OCH3 is 3. The predicted octanol–water partition coefficient (Wildman–Crippen LogP) is 4.06. The van der Waals surface area contributed by atoms with Crippen molar-refractivity contribution in [1.82, 2.24) is 15.1 Å². The maximum absolute atomic E-state index is 14.3. The molecule has 3 amide bonds. The summed E-state index contributed by atoms with van der Waals surface area (Å²) in [6, 6.07) is 12.5. The molecule has 0 aliphatic carbocycles. The maximum atomic E-state index is 14.3. The van der Waals surface area contributed by atoms with Gasteiger partial charge in [-0.05, 0) is 69.2 Å². The number of esters is 1. The molecule has 2 aliphatic heterocycles. The third-order valence-corrected chi connectivity index (χ3v) is 7.97. The number of rotatable bonds is 11. The highest BCUT2D eigenvalue weighted by Crippen LogP contribution is 2.51. The second-order valence-electron chi connectivity index (χ2n) is 12.1. The molecule has 4 rings (SSSR count). The summed E-state index contributed by atoms with van der Waals surface area (Å²) in [7, 11) is 4.62. The molecular formula is C34H43N3O9. The molecule has 0 saturated carbocycles. The van der Waals surface area contributed by atoms with E-state index < -0.39 is 40.8 Å². The zero-order chi connectivity index (χ0) is 33.6. The van der Waals surface area contributed by atoms with Crippen molar-refractivity contribution in [2.45, 2.75) is 52.8 Å². The van der Waals surface area contributed by atoms with Crippen LogP contribution in [0.3, 0.4) is 0 Å². The van der Waals surface area contributed by atoms with Gasteiger partial charge in [0.1, 0.15) is 16.8 Å². The number of amides is 3. The minimum absolute atomic E-state index is 0.0468. The van der Waals surface area contributed by atoms with Gasteiger partial charge in [0, 0.05) is 31.8 Å². The molecule has 2 aromatic carbocycles. The molecule has 0 radical (unpaired) electrons. The van der Waals surface area contributed by atoms with Crippen molar-refractivity contribution >= 4 is 23.9 Å². The SMILES string of the molecule is CCOC(=O)[C@@]12CN(C(=O)OC(C)(C)C)CC=C1N(Cc1ccc(OC)cc1)C(=O)[C@H]2CC(=O)NCc1ccc(OC)c(OC)c1. The van der Waals surface area contributed by atoms with E-state index in [1.807, 2.05) is 12.1 Å². The first-order chi connectivity index (χ1) is 21.9. The van der Waals surface area contributed by atoms with E-state index in [0.717, 1.165) is 11.1 Å². The molecule has 12 heteroatoms. The van der Waals surface area contributed by atoms with Crippen LogP contribution in [0.5, 0.6) is 17.2 Å². The highest BCUT2D eigenvalue weighted by atomic mass is 16.6. The Balaban J connectivity index is 1.69. The lowest BCUT2D eigenvalue weighted by molar-refractivity contribution is -0.158. The third-order valence-electron chi connectivity index (χ3n) is 7.97. The largest absolute Gasteiger partial charge is 0.497 e. The van der Waals surface area contributed by atoms with Crippen LogP contribution < -0.4 is 19.5 Å². The number of benzene rings is 2. The van der Waals surface area contributed by atoms with Crippen LogP contribution in [0.1, 0.15) is 45.2 Å². The summed E-state index contributed by atoms with van der Waals surface area (Å²) in [6.07, 6.45) is 0.737. The highest BCUT2D eigenvalue weighted by Gasteiger charge is 2.64. The normalized spacial score (nSPS) is 19.2. The first kappa shape index (κ1) is 34.1. The number of ether oxygens (including phenoxy) is 5. The summed E-state index contributed by atoms with van der Waals surface area (Å²) in [5.74, 6) is -0.974. The first-order valence-corrected chi connectivity index (χ1v) is 15.1. The molecule has 1 saturated heterocycles. The van der Waals surface area contributed by atoms with E-state index in [2.05, 4.69) is 5.32 Å². The molecule has 2 aliphatic rings. The molecule has 0 spiro atoms. The lowest BCUT2D eigenvalue weighted by Gasteiger charge is -2.40. The van der Waals surface area contributed by atoms with Gasteiger partial charge in [0.05, 0.1) is 40.4 Å². The molecule has 0 unspecified atom stereocenters. The zero-order valence-corrected chi connectivity index (χ0v) is 27.5. The summed E-state index contributed by atoms with van der Waals surface area (Å²) >= 11 is 0. The molecule has 248 valence electrons. The highest BCUT2D eigenvalue weighted by molar-refractivity contribution is 5.99. The monoisotopic (exact) mass is 637 g/mol. The molecule has 0 aromatic heterocycles. The quantitative estimate of drug-likeness (QED) is 0.362. The lowest BCUT2D eigenvalue weighted by Crippen LogP contribution is -2.54. The maximum Gasteiger partial charge on any atom is 0.410 e. The molecule has 1 fully saturated rings. The smallest absolute Gasteiger partial charge is 0.410 e. The van der Waals surface area contributed by atoms with Gasteiger partial charge < -0.3 is 38.8 Å². The van der Waals surface area contributed by atoms with Crippen molar-refractivity contribution < 1.29 is 42.9 Å². The van der Waals surface area contributed by atoms with Crippen molar-refractivity contribution in [3.63, 3.8) is 0 Å². The summed E-state index contributed by atoms with van der Waals surface area (Å²) in [5.41, 5.74) is -0.465. The Kier molecular flexibility index (Phi) is 10.5. The lowest BCUT2D eigenvalue weighted by atomic mass is 9.71. The number of fused-ring (bicyclic) bond motifs is 1. The molecule has 1 N–H and O–H groups in total. The van der Waals surface area contributed by atoms with Gasteiger partial charge in [0.2, 0.25) is 11.8 Å². The molecule has 2 atom stereocenters. The van der Waals surface area contributed by atoms with Crippen LogP contribution in [0.25, 0.3) is 0 Å². The van der Waals surface area contributed by atoms with Crippen LogP contribution in [0, 0.1) is 11.3 Å². The Hall–Kier alpha value is -4.74. The molecule has 46 heavy (non-hydrogen) atoms. The Morgan fingerprint density at radius 2 is 1.63 bits per heavy atom. The van der Waals surface area contributed by atoms with E-state index in [-0.39, 0.29) is 39.2 Å². The van der Waals surface area contributed by atoms with E-state index in [0.29, 0.717) is 22.9 Å². The van der Waals surface area contributed by atoms with Crippen molar-refractivity contribution in [2.75, 3.05) is 41.0 Å². The number of nitrogens with zero attached hydrogens (tertiary/aromatic N) is 2. The Labute approximate surface area is 269 Å². The van der Waals surface area contributed by atoms with Gasteiger partial charge in [-0.15, -0.1) is 0 Å². The van der Waals surface area contributed by atoms with E-state index in [9.17, 15) is 19.2 Å². The van der Waals surface area contributed by atoms with Gasteiger partial charge in [-0.25, -0.2) is 4.79 Å². The number of carbonyl (C=O) groups excluding carboxylic acids is 4. The minimum atomic E-state index is -1.63. The van der Waals surface area contributed by atoms with Gasteiger partial charge in [0.15, 0.2) is 11.5 Å². The molecule has 12 nitrogen and oxygen atoms in total. The van der Waals surface area contributed by atoms with Crippen LogP contribution in [0.15, 0.2) is 54.2 Å². The van der Waals surface area contributed by atoms with Crippen molar-refractivity contribution in [2.24, 2.45) is 11.3 Å². The third kappa shape index (κ3) is 7.21. The number of hydrogen-bond acceptors (Lipinski definition) is 9. The predicted molar refractivity (Wildman–Crippen MR) is 168 cm³/mol. The van der Waals surface area contributed by atoms with Crippen molar-refractivity contribution in [3.8, 4) is 17.2 Å². The van der Waals surface area contributed by atoms with Crippen LogP contribution in [0.2, 0.25) is 0 Å². The fourth-order valence-corrected chi connectivity index (χ4v) is 5.81. The second kappa shape index (κ2) is 14.1. The number of carbonyl (C=O) groups is 4. The molecular weight excluding hydrogens is 594 g/mol. The number of hydrogen-bond donors (Lipinski definition) is 1. The van der Waals surface area contributed by atoms with Gasteiger partial charge in [-0.3, -0.25) is 14.4 Å². The van der Waals surface area contributed by atoms with Crippen LogP contribution in [-0.2, 0) is 36.9 Å². The van der Waals surface area contributed by atoms with E-state index in [4.69, 9.17) is 23.7 Å². The second-order valence-corrected chi connectivity index (χ2v) is 12.1. The summed E-state index contributed by atoms with van der Waals surface area (Å²) in [5, 5.41) is 2.86. The summed E-state index contributed by atoms with van der Waals surface area (Å²) in [4.78, 5) is 57.9. The molecule has 2 heterocycles. The Morgan fingerprint density at radius 3 is 2.24 bits per heavy atom. The van der Waals surface area contributed by atoms with Crippen LogP contribution in [0.4, 0.5) is 4.79 Å². The topological polar surface area (TPSA) is 133 Å². The molecule has 2 aromatic rings. The number of nitrogens with one attached hydrogen (secondary N) is 1. The average molecular weight is 638 g/mol. The number of likely N-dealkylation sites (tertiary alicyclic amines) is 1. The summed E-state index contributed by atoms with van der Waals surface area (Å²) < 4.78 is 27.1. The van der Waals surface area contributed by atoms with Crippen molar-refractivity contribution in [1.29, 1.82) is 0 Å². The standard InChI is InChI=1S/C34H43N3O9/c1-8-45-31(40)34-21-36(32(41)46-33(2,3)4)16-15-28(34)37(20-22-9-12-24(42-5)13-10-22)30(39)25(34)18-29(38)35-19-23-11-14-26(43-6)27(17-23)44-7/h9-15,17,25H,8,16,18-21H2,1-7H3,(H,35,38)/t25-,34-/m1/s1. The zero-order valence-electron chi connectivity index (χ0n) is 27.5. The summed E-state index contributed by atoms with van der Waals surface area (Å²) in [6.45, 7) is 7.17. The minimum Gasteiger partial charge on any atom is -0.497 e. The van der Waals surface area contributed by atoms with Gasteiger partial charge >= 0.3 is 12.1 Å². The Morgan fingerprint density at radius 1 is 0.957 bits per heavy atom. The fraction of sp³-hybridized carbons (Fsp3) is 0.471. The van der Waals surface area contributed by atoms with Gasteiger partial charge in [-0.2, -0.15) is 0 Å². The van der Waals surface area contributed by atoms with Crippen molar-refractivity contribution in [3.05, 3.63) is 65.4 Å². The van der Waals surface area contributed by atoms with Crippen LogP contribution in [-0.4, -0.2) is 80.3 Å².